The number of benzene rings is 1. The van der Waals surface area contributed by atoms with Crippen LogP contribution in [-0.2, 0) is 9.47 Å². The normalized spacial score (nSPS) is 13.7. The van der Waals surface area contributed by atoms with Crippen LogP contribution in [0.3, 0.4) is 0 Å². The summed E-state index contributed by atoms with van der Waals surface area (Å²) in [6.45, 7) is 11.6. The Morgan fingerprint density at radius 2 is 1.81 bits per heavy atom. The minimum absolute atomic E-state index is 0.187. The van der Waals surface area contributed by atoms with E-state index in [1.165, 1.54) is 6.07 Å². The van der Waals surface area contributed by atoms with Gasteiger partial charge >= 0.3 is 0 Å². The van der Waals surface area contributed by atoms with Crippen LogP contribution in [0.5, 0.6) is 0 Å². The second-order valence-corrected chi connectivity index (χ2v) is 6.40. The second kappa shape index (κ2) is 8.47. The topological polar surface area (TPSA) is 30.5 Å². The molecule has 1 atom stereocenters. The van der Waals surface area contributed by atoms with E-state index in [1.807, 2.05) is 26.8 Å². The summed E-state index contributed by atoms with van der Waals surface area (Å²) in [5.74, 6) is -0.232. The first-order valence-corrected chi connectivity index (χ1v) is 7.53. The van der Waals surface area contributed by atoms with Crippen LogP contribution in [0.4, 0.5) is 4.39 Å². The first-order valence-electron chi connectivity index (χ1n) is 7.53. The Hall–Kier alpha value is -0.970. The van der Waals surface area contributed by atoms with Gasteiger partial charge in [0.05, 0.1) is 24.9 Å². The number of hydrogen-bond donors (Lipinski definition) is 1. The van der Waals surface area contributed by atoms with Crippen molar-refractivity contribution in [3.8, 4) is 0 Å². The van der Waals surface area contributed by atoms with Crippen molar-refractivity contribution < 1.29 is 13.9 Å². The molecule has 4 heteroatoms. The van der Waals surface area contributed by atoms with Crippen LogP contribution in [-0.4, -0.2) is 31.4 Å². The Morgan fingerprint density at radius 1 is 1.14 bits per heavy atom. The molecule has 0 bridgehead atoms. The lowest BCUT2D eigenvalue weighted by Crippen LogP contribution is -2.30. The zero-order chi connectivity index (χ0) is 15.9. The van der Waals surface area contributed by atoms with Gasteiger partial charge in [-0.05, 0) is 26.8 Å². The Balaban J connectivity index is 2.59. The van der Waals surface area contributed by atoms with Gasteiger partial charge in [0, 0.05) is 18.2 Å². The van der Waals surface area contributed by atoms with Crippen molar-refractivity contribution >= 4 is 0 Å². The smallest absolute Gasteiger partial charge is 0.129 e. The van der Waals surface area contributed by atoms with Crippen LogP contribution in [0.2, 0.25) is 0 Å². The van der Waals surface area contributed by atoms with Gasteiger partial charge in [0.2, 0.25) is 0 Å². The summed E-state index contributed by atoms with van der Waals surface area (Å²) < 4.78 is 25.4. The maximum atomic E-state index is 13.9. The SMILES string of the molecule is CC(C)NCC(OCCOC(C)(C)C)c1ccccc1F. The molecule has 1 rings (SSSR count). The Bertz CT molecular complexity index is 415. The van der Waals surface area contributed by atoms with Crippen LogP contribution >= 0.6 is 0 Å². The predicted molar refractivity (Wildman–Crippen MR) is 83.9 cm³/mol. The molecular weight excluding hydrogens is 269 g/mol. The van der Waals surface area contributed by atoms with E-state index in [9.17, 15) is 4.39 Å². The summed E-state index contributed by atoms with van der Waals surface area (Å²) in [4.78, 5) is 0. The summed E-state index contributed by atoms with van der Waals surface area (Å²) in [6.07, 6.45) is -0.308. The van der Waals surface area contributed by atoms with Crippen molar-refractivity contribution in [3.63, 3.8) is 0 Å². The Kier molecular flexibility index (Phi) is 7.29. The first kappa shape index (κ1) is 18.1. The molecule has 0 spiro atoms. The second-order valence-electron chi connectivity index (χ2n) is 6.40. The molecule has 3 nitrogen and oxygen atoms in total. The van der Waals surface area contributed by atoms with E-state index in [0.717, 1.165) is 0 Å². The van der Waals surface area contributed by atoms with E-state index in [-0.39, 0.29) is 17.5 Å². The van der Waals surface area contributed by atoms with Crippen molar-refractivity contribution in [1.82, 2.24) is 5.32 Å². The zero-order valence-corrected chi connectivity index (χ0v) is 13.8. The first-order chi connectivity index (χ1) is 9.79. The number of hydrogen-bond acceptors (Lipinski definition) is 3. The highest BCUT2D eigenvalue weighted by molar-refractivity contribution is 5.20. The minimum atomic E-state index is -0.308. The summed E-state index contributed by atoms with van der Waals surface area (Å²) in [5, 5.41) is 3.30. The van der Waals surface area contributed by atoms with Gasteiger partial charge in [-0.1, -0.05) is 32.0 Å². The van der Waals surface area contributed by atoms with E-state index in [2.05, 4.69) is 19.2 Å². The van der Waals surface area contributed by atoms with Crippen LogP contribution in [0, 0.1) is 5.82 Å². The third-order valence-corrected chi connectivity index (χ3v) is 2.90. The molecular formula is C17H28FNO2. The number of nitrogens with one attached hydrogen (secondary N) is 1. The molecule has 0 saturated heterocycles. The molecule has 0 aliphatic rings. The van der Waals surface area contributed by atoms with Crippen LogP contribution in [0.25, 0.3) is 0 Å². The summed E-state index contributed by atoms with van der Waals surface area (Å²) in [7, 11) is 0. The Labute approximate surface area is 127 Å². The fourth-order valence-corrected chi connectivity index (χ4v) is 1.88. The largest absolute Gasteiger partial charge is 0.373 e. The van der Waals surface area contributed by atoms with Crippen LogP contribution < -0.4 is 5.32 Å². The fourth-order valence-electron chi connectivity index (χ4n) is 1.88. The maximum absolute atomic E-state index is 13.9. The van der Waals surface area contributed by atoms with E-state index in [1.54, 1.807) is 12.1 Å². The molecule has 0 aliphatic carbocycles. The molecule has 21 heavy (non-hydrogen) atoms. The zero-order valence-electron chi connectivity index (χ0n) is 13.8. The summed E-state index contributed by atoms with van der Waals surface area (Å²) in [6, 6.07) is 7.08. The van der Waals surface area contributed by atoms with Crippen LogP contribution in [0.15, 0.2) is 24.3 Å². The van der Waals surface area contributed by atoms with Gasteiger partial charge in [0.1, 0.15) is 5.82 Å². The van der Waals surface area contributed by atoms with Crippen molar-refractivity contribution in [2.24, 2.45) is 0 Å². The molecule has 0 saturated carbocycles. The fraction of sp³-hybridized carbons (Fsp3) is 0.647. The third-order valence-electron chi connectivity index (χ3n) is 2.90. The van der Waals surface area contributed by atoms with Crippen molar-refractivity contribution in [1.29, 1.82) is 0 Å². The molecule has 1 aromatic rings. The monoisotopic (exact) mass is 297 g/mol. The van der Waals surface area contributed by atoms with E-state index in [0.29, 0.717) is 31.4 Å². The van der Waals surface area contributed by atoms with E-state index >= 15 is 0 Å². The molecule has 0 aliphatic heterocycles. The molecule has 0 radical (unpaired) electrons. The lowest BCUT2D eigenvalue weighted by atomic mass is 10.1. The molecule has 120 valence electrons. The molecule has 1 aromatic carbocycles. The van der Waals surface area contributed by atoms with Crippen LogP contribution in [0.1, 0.15) is 46.3 Å². The minimum Gasteiger partial charge on any atom is -0.373 e. The number of halogens is 1. The summed E-state index contributed by atoms with van der Waals surface area (Å²) in [5.41, 5.74) is 0.397. The standard InChI is InChI=1S/C17H28FNO2/c1-13(2)19-12-16(14-8-6-7-9-15(14)18)20-10-11-21-17(3,4)5/h6-9,13,16,19H,10-12H2,1-5H3. The average Bonchev–Trinajstić information content (AvgIpc) is 2.37. The molecule has 1 unspecified atom stereocenters. The van der Waals surface area contributed by atoms with Gasteiger partial charge in [-0.3, -0.25) is 0 Å². The van der Waals surface area contributed by atoms with Crippen molar-refractivity contribution in [3.05, 3.63) is 35.6 Å². The molecule has 0 fully saturated rings. The molecule has 0 amide bonds. The lowest BCUT2D eigenvalue weighted by molar-refractivity contribution is -0.0526. The van der Waals surface area contributed by atoms with Gasteiger partial charge in [-0.25, -0.2) is 4.39 Å². The highest BCUT2D eigenvalue weighted by Gasteiger charge is 2.17. The van der Waals surface area contributed by atoms with Crippen molar-refractivity contribution in [2.45, 2.75) is 52.4 Å². The van der Waals surface area contributed by atoms with E-state index in [4.69, 9.17) is 9.47 Å². The van der Waals surface area contributed by atoms with Gasteiger partial charge in [0.15, 0.2) is 0 Å². The lowest BCUT2D eigenvalue weighted by Gasteiger charge is -2.23. The maximum Gasteiger partial charge on any atom is 0.129 e. The molecule has 0 heterocycles. The molecule has 1 N–H and O–H groups in total. The van der Waals surface area contributed by atoms with Gasteiger partial charge < -0.3 is 14.8 Å². The third kappa shape index (κ3) is 7.55. The average molecular weight is 297 g/mol. The quantitative estimate of drug-likeness (QED) is 0.742. The number of ether oxygens (including phenoxy) is 2. The van der Waals surface area contributed by atoms with Gasteiger partial charge in [0.25, 0.3) is 0 Å². The van der Waals surface area contributed by atoms with Gasteiger partial charge in [-0.15, -0.1) is 0 Å². The predicted octanol–water partition coefficient (Wildman–Crippen LogP) is 3.70. The Morgan fingerprint density at radius 3 is 2.38 bits per heavy atom. The number of rotatable bonds is 8. The van der Waals surface area contributed by atoms with Crippen molar-refractivity contribution in [2.75, 3.05) is 19.8 Å². The van der Waals surface area contributed by atoms with Gasteiger partial charge in [-0.2, -0.15) is 0 Å². The van der Waals surface area contributed by atoms with E-state index < -0.39 is 0 Å². The summed E-state index contributed by atoms with van der Waals surface area (Å²) >= 11 is 0. The highest BCUT2D eigenvalue weighted by atomic mass is 19.1. The molecule has 0 aromatic heterocycles. The highest BCUT2D eigenvalue weighted by Crippen LogP contribution is 2.20.